The van der Waals surface area contributed by atoms with Gasteiger partial charge in [0.05, 0.1) is 23.2 Å². The summed E-state index contributed by atoms with van der Waals surface area (Å²) in [5.41, 5.74) is 1.21. The Morgan fingerprint density at radius 3 is 2.56 bits per heavy atom. The van der Waals surface area contributed by atoms with Gasteiger partial charge in [-0.1, -0.05) is 25.0 Å². The Bertz CT molecular complexity index is 1240. The van der Waals surface area contributed by atoms with Gasteiger partial charge in [0.1, 0.15) is 12.4 Å². The molecule has 4 nitrogen and oxygen atoms in total. The second kappa shape index (κ2) is 8.64. The van der Waals surface area contributed by atoms with Gasteiger partial charge in [-0.05, 0) is 60.6 Å². The van der Waals surface area contributed by atoms with E-state index in [2.05, 4.69) is 0 Å². The van der Waals surface area contributed by atoms with Crippen molar-refractivity contribution in [1.29, 1.82) is 0 Å². The minimum atomic E-state index is -4.43. The van der Waals surface area contributed by atoms with E-state index in [0.717, 1.165) is 31.7 Å². The topological polar surface area (TPSA) is 51.5 Å². The molecule has 0 spiro atoms. The van der Waals surface area contributed by atoms with Crippen LogP contribution in [0.2, 0.25) is 0 Å². The summed E-state index contributed by atoms with van der Waals surface area (Å²) in [7, 11) is 0. The van der Waals surface area contributed by atoms with E-state index in [1.165, 1.54) is 6.07 Å². The SMILES string of the molecule is O=C(O)C[C@H]1CCn2c1c(F)c1cc(OCc3ccc(C4CCCC4)c(C(F)(F)F)c3)ccc12. The highest BCUT2D eigenvalue weighted by molar-refractivity contribution is 5.84. The van der Waals surface area contributed by atoms with E-state index in [1.807, 2.05) is 0 Å². The van der Waals surface area contributed by atoms with Gasteiger partial charge in [-0.25, -0.2) is 4.39 Å². The second-order valence-electron chi connectivity index (χ2n) is 9.30. The van der Waals surface area contributed by atoms with E-state index in [1.54, 1.807) is 28.8 Å². The number of hydrogen-bond donors (Lipinski definition) is 1. The third-order valence-electron chi connectivity index (χ3n) is 7.14. The van der Waals surface area contributed by atoms with Crippen molar-refractivity contribution in [2.45, 2.75) is 69.7 Å². The zero-order valence-electron chi connectivity index (χ0n) is 18.5. The molecule has 3 aromatic rings. The van der Waals surface area contributed by atoms with Crippen molar-refractivity contribution >= 4 is 16.9 Å². The first-order valence-electron chi connectivity index (χ1n) is 11.6. The summed E-state index contributed by atoms with van der Waals surface area (Å²) in [4.78, 5) is 11.1. The van der Waals surface area contributed by atoms with Crippen LogP contribution in [-0.4, -0.2) is 15.6 Å². The molecule has 2 aliphatic rings. The van der Waals surface area contributed by atoms with Gasteiger partial charge in [-0.15, -0.1) is 0 Å². The third-order valence-corrected chi connectivity index (χ3v) is 7.14. The van der Waals surface area contributed by atoms with Gasteiger partial charge in [-0.3, -0.25) is 4.79 Å². The maximum absolute atomic E-state index is 15.2. The molecule has 1 aliphatic carbocycles. The zero-order chi connectivity index (χ0) is 24.0. The molecule has 2 heterocycles. The fraction of sp³-hybridized carbons (Fsp3) is 0.423. The number of ether oxygens (including phenoxy) is 1. The lowest BCUT2D eigenvalue weighted by Gasteiger charge is -2.19. The number of carbonyl (C=O) groups is 1. The van der Waals surface area contributed by atoms with Gasteiger partial charge in [0.25, 0.3) is 0 Å². The highest BCUT2D eigenvalue weighted by Gasteiger charge is 2.36. The molecule has 1 saturated carbocycles. The van der Waals surface area contributed by atoms with Crippen molar-refractivity contribution in [3.8, 4) is 5.75 Å². The molecule has 180 valence electrons. The Kier molecular flexibility index (Phi) is 5.78. The van der Waals surface area contributed by atoms with Crippen LogP contribution in [0, 0.1) is 5.82 Å². The molecule has 5 rings (SSSR count). The Balaban J connectivity index is 1.38. The Labute approximate surface area is 194 Å². The number of alkyl halides is 3. The van der Waals surface area contributed by atoms with Crippen LogP contribution in [0.3, 0.4) is 0 Å². The number of nitrogens with zero attached hydrogens (tertiary/aromatic N) is 1. The quantitative estimate of drug-likeness (QED) is 0.391. The monoisotopic (exact) mass is 475 g/mol. The van der Waals surface area contributed by atoms with Crippen LogP contribution < -0.4 is 4.74 Å². The van der Waals surface area contributed by atoms with E-state index in [4.69, 9.17) is 9.84 Å². The smallest absolute Gasteiger partial charge is 0.416 e. The highest BCUT2D eigenvalue weighted by atomic mass is 19.4. The number of carboxylic acid groups (broad SMARTS) is 1. The molecule has 0 saturated heterocycles. The highest BCUT2D eigenvalue weighted by Crippen LogP contribution is 2.42. The molecule has 2 aromatic carbocycles. The third kappa shape index (κ3) is 4.14. The molecule has 0 radical (unpaired) electrons. The number of aromatic nitrogens is 1. The first-order valence-corrected chi connectivity index (χ1v) is 11.6. The number of carboxylic acids is 1. The molecule has 1 aromatic heterocycles. The average Bonchev–Trinajstić information content (AvgIpc) is 3.51. The normalized spacial score (nSPS) is 18.5. The van der Waals surface area contributed by atoms with Crippen LogP contribution in [0.5, 0.6) is 5.75 Å². The fourth-order valence-corrected chi connectivity index (χ4v) is 5.57. The standard InChI is InChI=1S/C26H25F4NO3/c27-24-20-13-18(6-8-22(20)31-10-9-17(25(24)31)12-23(32)33)34-14-15-5-7-19(16-3-1-2-4-16)21(11-15)26(28,29)30/h5-8,11,13,16-17H,1-4,9-10,12,14H2,(H,32,33)/t17-/m1/s1. The lowest BCUT2D eigenvalue weighted by atomic mass is 9.91. The van der Waals surface area contributed by atoms with Gasteiger partial charge >= 0.3 is 12.1 Å². The number of hydrogen-bond acceptors (Lipinski definition) is 2. The van der Waals surface area contributed by atoms with E-state index in [0.29, 0.717) is 46.4 Å². The molecule has 1 atom stereocenters. The van der Waals surface area contributed by atoms with Crippen LogP contribution in [0.4, 0.5) is 17.6 Å². The molecular formula is C26H25F4NO3. The first kappa shape index (κ1) is 22.7. The van der Waals surface area contributed by atoms with Crippen LogP contribution in [0.15, 0.2) is 36.4 Å². The fourth-order valence-electron chi connectivity index (χ4n) is 5.57. The lowest BCUT2D eigenvalue weighted by Crippen LogP contribution is -2.12. The number of aliphatic carboxylic acids is 1. The molecular weight excluding hydrogens is 450 g/mol. The zero-order valence-corrected chi connectivity index (χ0v) is 18.5. The summed E-state index contributed by atoms with van der Waals surface area (Å²) in [5.74, 6) is -1.51. The molecule has 8 heteroatoms. The Hall–Kier alpha value is -3.03. The van der Waals surface area contributed by atoms with Crippen molar-refractivity contribution in [2.75, 3.05) is 0 Å². The van der Waals surface area contributed by atoms with Crippen molar-refractivity contribution in [3.63, 3.8) is 0 Å². The van der Waals surface area contributed by atoms with Crippen LogP contribution in [0.1, 0.15) is 72.7 Å². The lowest BCUT2D eigenvalue weighted by molar-refractivity contribution is -0.139. The van der Waals surface area contributed by atoms with Crippen molar-refractivity contribution in [3.05, 3.63) is 64.6 Å². The molecule has 34 heavy (non-hydrogen) atoms. The molecule has 1 fully saturated rings. The molecule has 0 unspecified atom stereocenters. The summed E-state index contributed by atoms with van der Waals surface area (Å²) in [6, 6.07) is 9.32. The van der Waals surface area contributed by atoms with Gasteiger partial charge in [0, 0.05) is 17.8 Å². The van der Waals surface area contributed by atoms with E-state index < -0.39 is 23.5 Å². The minimum absolute atomic E-state index is 0.0567. The predicted octanol–water partition coefficient (Wildman–Crippen LogP) is 7.00. The molecule has 1 aliphatic heterocycles. The molecule has 1 N–H and O–H groups in total. The van der Waals surface area contributed by atoms with E-state index >= 15 is 4.39 Å². The Morgan fingerprint density at radius 2 is 1.85 bits per heavy atom. The number of fused-ring (bicyclic) bond motifs is 3. The number of benzene rings is 2. The van der Waals surface area contributed by atoms with Gasteiger partial charge in [0.2, 0.25) is 0 Å². The molecule has 0 bridgehead atoms. The second-order valence-corrected chi connectivity index (χ2v) is 9.30. The predicted molar refractivity (Wildman–Crippen MR) is 118 cm³/mol. The summed E-state index contributed by atoms with van der Waals surface area (Å²) < 4.78 is 63.9. The number of halogens is 4. The number of rotatable bonds is 6. The van der Waals surface area contributed by atoms with Crippen molar-refractivity contribution in [2.24, 2.45) is 0 Å². The van der Waals surface area contributed by atoms with E-state index in [-0.39, 0.29) is 24.9 Å². The van der Waals surface area contributed by atoms with Crippen molar-refractivity contribution in [1.82, 2.24) is 4.57 Å². The Morgan fingerprint density at radius 1 is 1.09 bits per heavy atom. The van der Waals surface area contributed by atoms with Crippen LogP contribution >= 0.6 is 0 Å². The van der Waals surface area contributed by atoms with Gasteiger partial charge in [0.15, 0.2) is 5.82 Å². The average molecular weight is 475 g/mol. The minimum Gasteiger partial charge on any atom is -0.489 e. The maximum atomic E-state index is 15.2. The summed E-state index contributed by atoms with van der Waals surface area (Å²) in [6.07, 6.45) is -0.534. The number of aryl methyl sites for hydroxylation is 1. The van der Waals surface area contributed by atoms with E-state index in [9.17, 15) is 18.0 Å². The largest absolute Gasteiger partial charge is 0.489 e. The summed E-state index contributed by atoms with van der Waals surface area (Å²) in [5, 5.41) is 9.44. The molecule has 0 amide bonds. The van der Waals surface area contributed by atoms with Gasteiger partial charge in [-0.2, -0.15) is 13.2 Å². The first-order chi connectivity index (χ1) is 16.2. The van der Waals surface area contributed by atoms with Crippen LogP contribution in [-0.2, 0) is 24.1 Å². The van der Waals surface area contributed by atoms with Crippen LogP contribution in [0.25, 0.3) is 10.9 Å². The summed E-state index contributed by atoms with van der Waals surface area (Å²) >= 11 is 0. The van der Waals surface area contributed by atoms with Gasteiger partial charge < -0.3 is 14.4 Å². The van der Waals surface area contributed by atoms with Crippen molar-refractivity contribution < 1.29 is 32.2 Å². The summed E-state index contributed by atoms with van der Waals surface area (Å²) in [6.45, 7) is 0.470. The maximum Gasteiger partial charge on any atom is 0.416 e.